The third-order valence-electron chi connectivity index (χ3n) is 2.89. The molecule has 0 unspecified atom stereocenters. The average Bonchev–Trinajstić information content (AvgIpc) is 2.45. The van der Waals surface area contributed by atoms with E-state index in [1.165, 1.54) is 5.56 Å². The smallest absolute Gasteiger partial charge is 0.230 e. The molecule has 3 N–H and O–H groups in total. The summed E-state index contributed by atoms with van der Waals surface area (Å²) in [4.78, 5) is 8.62. The average molecular weight is 272 g/mol. The number of benzene rings is 1. The van der Waals surface area contributed by atoms with E-state index in [0.29, 0.717) is 18.4 Å². The first-order chi connectivity index (χ1) is 9.71. The van der Waals surface area contributed by atoms with Crippen LogP contribution in [-0.4, -0.2) is 23.6 Å². The number of aromatic nitrogens is 2. The molecule has 1 aromatic carbocycles. The Balaban J connectivity index is 2.15. The van der Waals surface area contributed by atoms with Crippen LogP contribution in [0.5, 0.6) is 5.88 Å². The molecule has 0 saturated heterocycles. The van der Waals surface area contributed by atoms with Crippen molar-refractivity contribution in [2.75, 3.05) is 19.0 Å². The van der Waals surface area contributed by atoms with Gasteiger partial charge in [0.05, 0.1) is 7.11 Å². The van der Waals surface area contributed by atoms with Crippen molar-refractivity contribution in [3.63, 3.8) is 0 Å². The van der Waals surface area contributed by atoms with Crippen LogP contribution in [0.25, 0.3) is 0 Å². The first-order valence-electron chi connectivity index (χ1n) is 6.67. The fraction of sp³-hybridized carbons (Fsp3) is 0.333. The summed E-state index contributed by atoms with van der Waals surface area (Å²) < 4.78 is 5.15. The van der Waals surface area contributed by atoms with Gasteiger partial charge in [-0.1, -0.05) is 12.1 Å². The van der Waals surface area contributed by atoms with Crippen LogP contribution in [0.15, 0.2) is 30.3 Å². The van der Waals surface area contributed by atoms with E-state index >= 15 is 0 Å². The molecule has 0 bridgehead atoms. The maximum Gasteiger partial charge on any atom is 0.230 e. The van der Waals surface area contributed by atoms with Gasteiger partial charge in [-0.15, -0.1) is 0 Å². The van der Waals surface area contributed by atoms with E-state index in [9.17, 15) is 0 Å². The first kappa shape index (κ1) is 14.3. The zero-order valence-corrected chi connectivity index (χ0v) is 11.9. The minimum Gasteiger partial charge on any atom is -0.481 e. The first-order valence-corrected chi connectivity index (χ1v) is 6.67. The monoisotopic (exact) mass is 272 g/mol. The van der Waals surface area contributed by atoms with Gasteiger partial charge in [-0.3, -0.25) is 0 Å². The Morgan fingerprint density at radius 1 is 1.25 bits per heavy atom. The van der Waals surface area contributed by atoms with Crippen LogP contribution in [0.3, 0.4) is 0 Å². The predicted octanol–water partition coefficient (Wildman–Crippen LogP) is 2.43. The molecule has 5 heteroatoms. The molecule has 0 aliphatic heterocycles. The summed E-state index contributed by atoms with van der Waals surface area (Å²) in [7, 11) is 1.60. The molecule has 0 aliphatic rings. The number of nitrogens with two attached hydrogens (primary N) is 1. The number of hydrogen-bond donors (Lipinski definition) is 2. The molecule has 2 aromatic rings. The van der Waals surface area contributed by atoms with Crippen molar-refractivity contribution in [2.24, 2.45) is 5.73 Å². The van der Waals surface area contributed by atoms with Gasteiger partial charge in [0.1, 0.15) is 0 Å². The number of nitrogens with zero attached hydrogens (tertiary/aromatic N) is 2. The van der Waals surface area contributed by atoms with E-state index in [2.05, 4.69) is 27.4 Å². The summed E-state index contributed by atoms with van der Waals surface area (Å²) in [6.07, 6.45) is 1.96. The SMILES string of the molecule is COc1cc(C)nc(Nc2cccc(CCCN)c2)n1. The maximum atomic E-state index is 5.54. The molecule has 0 atom stereocenters. The summed E-state index contributed by atoms with van der Waals surface area (Å²) in [5.74, 6) is 1.09. The number of anilines is 2. The Morgan fingerprint density at radius 2 is 2.10 bits per heavy atom. The number of hydrogen-bond acceptors (Lipinski definition) is 5. The van der Waals surface area contributed by atoms with Crippen LogP contribution >= 0.6 is 0 Å². The van der Waals surface area contributed by atoms with E-state index in [4.69, 9.17) is 10.5 Å². The Labute approximate surface area is 119 Å². The van der Waals surface area contributed by atoms with E-state index in [1.807, 2.05) is 19.1 Å². The second-order valence-corrected chi connectivity index (χ2v) is 4.59. The van der Waals surface area contributed by atoms with Crippen LogP contribution in [0.1, 0.15) is 17.7 Å². The van der Waals surface area contributed by atoms with Gasteiger partial charge in [0.15, 0.2) is 0 Å². The fourth-order valence-corrected chi connectivity index (χ4v) is 1.94. The normalized spacial score (nSPS) is 10.3. The van der Waals surface area contributed by atoms with E-state index < -0.39 is 0 Å². The molecule has 0 fully saturated rings. The molecular weight excluding hydrogens is 252 g/mol. The summed E-state index contributed by atoms with van der Waals surface area (Å²) in [6.45, 7) is 2.61. The highest BCUT2D eigenvalue weighted by molar-refractivity contribution is 5.54. The Morgan fingerprint density at radius 3 is 2.85 bits per heavy atom. The van der Waals surface area contributed by atoms with Crippen molar-refractivity contribution in [3.8, 4) is 5.88 Å². The van der Waals surface area contributed by atoms with Crippen molar-refractivity contribution in [3.05, 3.63) is 41.6 Å². The molecular formula is C15H20N4O. The summed E-state index contributed by atoms with van der Waals surface area (Å²) >= 11 is 0. The zero-order chi connectivity index (χ0) is 14.4. The van der Waals surface area contributed by atoms with Gasteiger partial charge in [0.25, 0.3) is 0 Å². The lowest BCUT2D eigenvalue weighted by Gasteiger charge is -2.09. The highest BCUT2D eigenvalue weighted by Gasteiger charge is 2.03. The van der Waals surface area contributed by atoms with E-state index in [0.717, 1.165) is 24.2 Å². The third-order valence-corrected chi connectivity index (χ3v) is 2.89. The molecule has 106 valence electrons. The molecule has 0 amide bonds. The number of rotatable bonds is 6. The number of aryl methyl sites for hydroxylation is 2. The molecule has 1 aromatic heterocycles. The van der Waals surface area contributed by atoms with Gasteiger partial charge in [0.2, 0.25) is 11.8 Å². The van der Waals surface area contributed by atoms with Crippen LogP contribution in [0.2, 0.25) is 0 Å². The topological polar surface area (TPSA) is 73.1 Å². The van der Waals surface area contributed by atoms with Crippen molar-refractivity contribution >= 4 is 11.6 Å². The van der Waals surface area contributed by atoms with Gasteiger partial charge >= 0.3 is 0 Å². The highest BCUT2D eigenvalue weighted by Crippen LogP contribution is 2.18. The van der Waals surface area contributed by atoms with E-state index in [1.54, 1.807) is 13.2 Å². The van der Waals surface area contributed by atoms with Crippen molar-refractivity contribution in [2.45, 2.75) is 19.8 Å². The number of ether oxygens (including phenoxy) is 1. The Bertz CT molecular complexity index is 572. The minimum absolute atomic E-state index is 0.540. The van der Waals surface area contributed by atoms with Crippen molar-refractivity contribution in [1.29, 1.82) is 0 Å². The quantitative estimate of drug-likeness (QED) is 0.845. The second-order valence-electron chi connectivity index (χ2n) is 4.59. The number of nitrogens with one attached hydrogen (secondary N) is 1. The lowest BCUT2D eigenvalue weighted by Crippen LogP contribution is -2.02. The molecule has 5 nitrogen and oxygen atoms in total. The van der Waals surface area contributed by atoms with Crippen molar-refractivity contribution < 1.29 is 4.74 Å². The molecule has 1 heterocycles. The summed E-state index contributed by atoms with van der Waals surface area (Å²) in [6, 6.07) is 9.99. The Kier molecular flexibility index (Phi) is 4.90. The molecule has 2 rings (SSSR count). The van der Waals surface area contributed by atoms with Gasteiger partial charge < -0.3 is 15.8 Å². The largest absolute Gasteiger partial charge is 0.481 e. The fourth-order valence-electron chi connectivity index (χ4n) is 1.94. The molecule has 0 aliphatic carbocycles. The van der Waals surface area contributed by atoms with Gasteiger partial charge in [-0.25, -0.2) is 4.98 Å². The second kappa shape index (κ2) is 6.86. The number of methoxy groups -OCH3 is 1. The van der Waals surface area contributed by atoms with Crippen LogP contribution in [0.4, 0.5) is 11.6 Å². The molecule has 0 spiro atoms. The maximum absolute atomic E-state index is 5.54. The molecule has 0 radical (unpaired) electrons. The predicted molar refractivity (Wildman–Crippen MR) is 80.4 cm³/mol. The molecule has 0 saturated carbocycles. The van der Waals surface area contributed by atoms with Crippen LogP contribution in [-0.2, 0) is 6.42 Å². The zero-order valence-electron chi connectivity index (χ0n) is 11.9. The highest BCUT2D eigenvalue weighted by atomic mass is 16.5. The van der Waals surface area contributed by atoms with Crippen LogP contribution < -0.4 is 15.8 Å². The lowest BCUT2D eigenvalue weighted by molar-refractivity contribution is 0.397. The van der Waals surface area contributed by atoms with E-state index in [-0.39, 0.29) is 0 Å². The minimum atomic E-state index is 0.540. The lowest BCUT2D eigenvalue weighted by atomic mass is 10.1. The summed E-state index contributed by atoms with van der Waals surface area (Å²) in [5, 5.41) is 3.20. The van der Waals surface area contributed by atoms with Crippen LogP contribution in [0, 0.1) is 6.92 Å². The van der Waals surface area contributed by atoms with Gasteiger partial charge in [0, 0.05) is 17.4 Å². The Hall–Kier alpha value is -2.14. The van der Waals surface area contributed by atoms with Gasteiger partial charge in [-0.05, 0) is 44.0 Å². The third kappa shape index (κ3) is 3.93. The molecule has 20 heavy (non-hydrogen) atoms. The standard InChI is InChI=1S/C15H20N4O/c1-11-9-14(20-2)19-15(17-11)18-13-7-3-5-12(10-13)6-4-8-16/h3,5,7,9-10H,4,6,8,16H2,1-2H3,(H,17,18,19). The van der Waals surface area contributed by atoms with Gasteiger partial charge in [-0.2, -0.15) is 4.98 Å². The van der Waals surface area contributed by atoms with Crippen molar-refractivity contribution in [1.82, 2.24) is 9.97 Å². The summed E-state index contributed by atoms with van der Waals surface area (Å²) in [5.41, 5.74) is 8.61.